The van der Waals surface area contributed by atoms with E-state index in [1.54, 1.807) is 18.3 Å². The third-order valence-corrected chi connectivity index (χ3v) is 4.09. The molecule has 1 aromatic carbocycles. The molecule has 2 aromatic heterocycles. The minimum atomic E-state index is -0.0949. The van der Waals surface area contributed by atoms with E-state index in [4.69, 9.17) is 5.11 Å². The maximum atomic E-state index is 10.1. The second-order valence-electron chi connectivity index (χ2n) is 4.64. The van der Waals surface area contributed by atoms with E-state index in [1.165, 1.54) is 17.0 Å². The molecule has 3 aromatic rings. The smallest absolute Gasteiger partial charge is 0.158 e. The van der Waals surface area contributed by atoms with Crippen LogP contribution in [-0.4, -0.2) is 15.9 Å². The zero-order valence-corrected chi connectivity index (χ0v) is 16.0. The summed E-state index contributed by atoms with van der Waals surface area (Å²) in [6.07, 6.45) is 2.62. The molecule has 1 radical (unpaired) electrons. The summed E-state index contributed by atoms with van der Waals surface area (Å²) in [5.74, 6) is -0.0949. The first kappa shape index (κ1) is 19.2. The molecule has 0 unspecified atom stereocenters. The van der Waals surface area contributed by atoms with E-state index < -0.39 is 0 Å². The van der Waals surface area contributed by atoms with E-state index in [9.17, 15) is 4.79 Å². The zero-order chi connectivity index (χ0) is 15.9. The number of pyridine rings is 1. The van der Waals surface area contributed by atoms with Crippen LogP contribution in [0.1, 0.15) is 13.8 Å². The number of ketones is 1. The Bertz CT molecular complexity index is 764. The van der Waals surface area contributed by atoms with Crippen LogP contribution in [0.3, 0.4) is 0 Å². The Labute approximate surface area is 153 Å². The van der Waals surface area contributed by atoms with Crippen molar-refractivity contribution >= 4 is 27.2 Å². The van der Waals surface area contributed by atoms with Crippen LogP contribution in [0.15, 0.2) is 60.5 Å². The first-order valence-corrected chi connectivity index (χ1v) is 7.57. The summed E-state index contributed by atoms with van der Waals surface area (Å²) in [5.41, 5.74) is 1.39. The summed E-state index contributed by atoms with van der Waals surface area (Å²) < 4.78 is 1.26. The van der Waals surface area contributed by atoms with Crippen LogP contribution in [0.25, 0.3) is 20.7 Å². The second kappa shape index (κ2) is 9.36. The average molecular weight is 503 g/mol. The number of aliphatic hydroxyl groups excluding tert-OH is 1. The van der Waals surface area contributed by atoms with Crippen molar-refractivity contribution in [1.29, 1.82) is 0 Å². The zero-order valence-electron chi connectivity index (χ0n) is 12.7. The summed E-state index contributed by atoms with van der Waals surface area (Å²) in [5, 5.41) is 9.29. The molecule has 0 aliphatic carbocycles. The molecular formula is C18H16IrNO2S-. The predicted molar refractivity (Wildman–Crippen MR) is 91.0 cm³/mol. The van der Waals surface area contributed by atoms with Crippen molar-refractivity contribution in [3.63, 3.8) is 0 Å². The SMILES string of the molecule is CC(=O)C(C)=CO.[Ir].[c-]1c(-c2ccccn2)sc2ccccc12. The van der Waals surface area contributed by atoms with Gasteiger partial charge >= 0.3 is 0 Å². The van der Waals surface area contributed by atoms with Crippen LogP contribution in [0.4, 0.5) is 0 Å². The molecule has 1 N–H and O–H groups in total. The van der Waals surface area contributed by atoms with Gasteiger partial charge in [0.05, 0.1) is 6.26 Å². The molecule has 0 saturated carbocycles. The number of hydrogen-bond donors (Lipinski definition) is 1. The van der Waals surface area contributed by atoms with E-state index in [1.807, 2.05) is 30.5 Å². The van der Waals surface area contributed by atoms with Crippen molar-refractivity contribution in [2.75, 3.05) is 0 Å². The molecule has 0 fully saturated rings. The number of hydrogen-bond acceptors (Lipinski definition) is 4. The van der Waals surface area contributed by atoms with Gasteiger partial charge in [-0.05, 0) is 29.5 Å². The Hall–Kier alpha value is -1.81. The fourth-order valence-electron chi connectivity index (χ4n) is 1.62. The van der Waals surface area contributed by atoms with Crippen LogP contribution in [-0.2, 0) is 24.9 Å². The number of carbonyl (C=O) groups is 1. The molecule has 0 saturated heterocycles. The molecule has 0 amide bonds. The van der Waals surface area contributed by atoms with Gasteiger partial charge in [-0.25, -0.2) is 11.3 Å². The molecule has 3 nitrogen and oxygen atoms in total. The molecule has 3 rings (SSSR count). The average Bonchev–Trinajstić information content (AvgIpc) is 2.99. The topological polar surface area (TPSA) is 50.2 Å². The first-order valence-electron chi connectivity index (χ1n) is 6.76. The van der Waals surface area contributed by atoms with Crippen LogP contribution >= 0.6 is 11.3 Å². The predicted octanol–water partition coefficient (Wildman–Crippen LogP) is 4.80. The maximum absolute atomic E-state index is 10.1. The van der Waals surface area contributed by atoms with Crippen molar-refractivity contribution in [3.8, 4) is 10.6 Å². The molecule has 0 atom stereocenters. The number of benzene rings is 1. The van der Waals surface area contributed by atoms with Crippen molar-refractivity contribution < 1.29 is 30.0 Å². The van der Waals surface area contributed by atoms with E-state index in [2.05, 4.69) is 29.2 Å². The number of nitrogens with zero attached hydrogens (tertiary/aromatic N) is 1. The number of carbonyl (C=O) groups excluding carboxylic acids is 1. The number of Topliss-reactive ketones (excluding diaryl/α,β-unsaturated/α-hetero) is 1. The van der Waals surface area contributed by atoms with Gasteiger partial charge < -0.3 is 10.1 Å². The number of allylic oxidation sites excluding steroid dienone is 1. The molecule has 0 bridgehead atoms. The summed E-state index contributed by atoms with van der Waals surface area (Å²) in [6.45, 7) is 2.96. The Kier molecular flexibility index (Phi) is 7.82. The second-order valence-corrected chi connectivity index (χ2v) is 5.69. The minimum absolute atomic E-state index is 0. The van der Waals surface area contributed by atoms with Crippen LogP contribution < -0.4 is 0 Å². The van der Waals surface area contributed by atoms with Crippen LogP contribution in [0.2, 0.25) is 0 Å². The van der Waals surface area contributed by atoms with E-state index in [0.717, 1.165) is 16.8 Å². The first-order chi connectivity index (χ1) is 10.6. The molecule has 0 aliphatic heterocycles. The van der Waals surface area contributed by atoms with E-state index in [0.29, 0.717) is 5.57 Å². The van der Waals surface area contributed by atoms with Gasteiger partial charge in [0.1, 0.15) is 0 Å². The van der Waals surface area contributed by atoms with Gasteiger partial charge in [0.25, 0.3) is 0 Å². The van der Waals surface area contributed by atoms with Gasteiger partial charge in [-0.2, -0.15) is 0 Å². The van der Waals surface area contributed by atoms with Gasteiger partial charge in [-0.3, -0.25) is 4.79 Å². The summed E-state index contributed by atoms with van der Waals surface area (Å²) >= 11 is 1.73. The van der Waals surface area contributed by atoms with Crippen LogP contribution in [0, 0.1) is 6.07 Å². The van der Waals surface area contributed by atoms with Gasteiger partial charge in [0.15, 0.2) is 5.78 Å². The van der Waals surface area contributed by atoms with Crippen molar-refractivity contribution in [1.82, 2.24) is 4.98 Å². The van der Waals surface area contributed by atoms with E-state index >= 15 is 0 Å². The van der Waals surface area contributed by atoms with Crippen molar-refractivity contribution in [2.24, 2.45) is 0 Å². The quantitative estimate of drug-likeness (QED) is 0.311. The molecule has 0 spiro atoms. The van der Waals surface area contributed by atoms with Gasteiger partial charge in [-0.15, -0.1) is 23.6 Å². The monoisotopic (exact) mass is 503 g/mol. The Morgan fingerprint density at radius 2 is 1.87 bits per heavy atom. The Morgan fingerprint density at radius 1 is 1.17 bits per heavy atom. The third-order valence-electron chi connectivity index (χ3n) is 2.99. The molecular weight excluding hydrogens is 486 g/mol. The maximum Gasteiger partial charge on any atom is 0.158 e. The molecule has 23 heavy (non-hydrogen) atoms. The molecule has 2 heterocycles. The Morgan fingerprint density at radius 3 is 2.39 bits per heavy atom. The minimum Gasteiger partial charge on any atom is -0.515 e. The molecule has 121 valence electrons. The summed E-state index contributed by atoms with van der Waals surface area (Å²) in [7, 11) is 0. The number of aromatic nitrogens is 1. The molecule has 0 aliphatic rings. The third kappa shape index (κ3) is 5.39. The fraction of sp³-hybridized carbons (Fsp3) is 0.111. The number of fused-ring (bicyclic) bond motifs is 1. The van der Waals surface area contributed by atoms with Crippen molar-refractivity contribution in [3.05, 3.63) is 66.6 Å². The number of rotatable bonds is 2. The van der Waals surface area contributed by atoms with Crippen LogP contribution in [0.5, 0.6) is 0 Å². The number of thiophene rings is 1. The standard InChI is InChI=1S/C13H8NS.C5H8O2.Ir/c1-2-7-12-10(5-1)9-13(15-12)11-6-3-4-8-14-11;1-4(3-6)5(2)7;/h1-8H;3,6H,1-2H3;/q-1;;. The van der Waals surface area contributed by atoms with Gasteiger partial charge in [0, 0.05) is 37.6 Å². The van der Waals surface area contributed by atoms with Crippen molar-refractivity contribution in [2.45, 2.75) is 13.8 Å². The Balaban J connectivity index is 0.000000287. The largest absolute Gasteiger partial charge is 0.515 e. The normalized spacial score (nSPS) is 10.4. The molecule has 5 heteroatoms. The van der Waals surface area contributed by atoms with Gasteiger partial charge in [-0.1, -0.05) is 24.3 Å². The summed E-state index contributed by atoms with van der Waals surface area (Å²) in [6, 6.07) is 17.6. The summed E-state index contributed by atoms with van der Waals surface area (Å²) in [4.78, 5) is 15.6. The van der Waals surface area contributed by atoms with Gasteiger partial charge in [0.2, 0.25) is 0 Å². The number of aliphatic hydroxyl groups is 1. The fourth-order valence-corrected chi connectivity index (χ4v) is 2.60. The van der Waals surface area contributed by atoms with E-state index in [-0.39, 0.29) is 25.9 Å².